The number of aliphatic imine (C=N–C) groups is 1. The average Bonchev–Trinajstić information content (AvgIpc) is 3.49. The summed E-state index contributed by atoms with van der Waals surface area (Å²) in [6, 6.07) is 8.60. The van der Waals surface area contributed by atoms with Gasteiger partial charge in [0.25, 0.3) is 0 Å². The molecule has 0 amide bonds. The van der Waals surface area contributed by atoms with Gasteiger partial charge in [0.15, 0.2) is 17.5 Å². The number of hydrogen-bond donors (Lipinski definition) is 2. The van der Waals surface area contributed by atoms with Crippen molar-refractivity contribution in [2.24, 2.45) is 10.9 Å². The van der Waals surface area contributed by atoms with E-state index < -0.39 is 0 Å². The van der Waals surface area contributed by atoms with Crippen LogP contribution in [-0.4, -0.2) is 24.6 Å². The van der Waals surface area contributed by atoms with Crippen molar-refractivity contribution in [3.63, 3.8) is 0 Å². The van der Waals surface area contributed by atoms with Gasteiger partial charge < -0.3 is 15.4 Å². The van der Waals surface area contributed by atoms with Crippen LogP contribution in [0, 0.1) is 11.7 Å². The van der Waals surface area contributed by atoms with Gasteiger partial charge >= 0.3 is 0 Å². The van der Waals surface area contributed by atoms with Gasteiger partial charge in [-0.25, -0.2) is 9.37 Å². The number of rotatable bonds is 7. The molecule has 7 heteroatoms. The molecular weight excluding hydrogens is 367 g/mol. The molecule has 2 N–H and O–H groups in total. The van der Waals surface area contributed by atoms with Crippen LogP contribution in [0.15, 0.2) is 41.5 Å². The van der Waals surface area contributed by atoms with Crippen molar-refractivity contribution in [1.29, 1.82) is 0 Å². The van der Waals surface area contributed by atoms with Crippen molar-refractivity contribution in [3.05, 3.63) is 58.6 Å². The normalized spacial score (nSPS) is 15.3. The van der Waals surface area contributed by atoms with Crippen LogP contribution >= 0.6 is 11.6 Å². The highest BCUT2D eigenvalue weighted by Crippen LogP contribution is 2.30. The number of halogens is 2. The second-order valence-electron chi connectivity index (χ2n) is 6.73. The molecule has 1 aliphatic rings. The second-order valence-corrected chi connectivity index (χ2v) is 7.11. The van der Waals surface area contributed by atoms with E-state index in [1.54, 1.807) is 25.4 Å². The predicted octanol–water partition coefficient (Wildman–Crippen LogP) is 4.09. The molecule has 1 unspecified atom stereocenters. The minimum absolute atomic E-state index is 0.119. The van der Waals surface area contributed by atoms with Crippen LogP contribution < -0.4 is 15.4 Å². The third-order valence-corrected chi connectivity index (χ3v) is 4.68. The Morgan fingerprint density at radius 1 is 1.37 bits per heavy atom. The first-order valence-corrected chi connectivity index (χ1v) is 9.43. The number of ether oxygens (including phenoxy) is 1. The SMILES string of the molecule is CN=C(NCc1ccc(Cl)nc1)NC(C)c1ccc(OCC2CC2)c(F)c1. The standard InChI is InChI=1S/C20H24ClFN4O/c1-13(16-6-7-18(17(22)9-16)27-12-14-3-4-14)26-20(23-2)25-11-15-5-8-19(21)24-10-15/h5-10,13-14H,3-4,11-12H2,1-2H3,(H2,23,25,26). The first-order valence-electron chi connectivity index (χ1n) is 9.05. The summed E-state index contributed by atoms with van der Waals surface area (Å²) in [6.07, 6.45) is 4.07. The summed E-state index contributed by atoms with van der Waals surface area (Å²) in [6.45, 7) is 3.11. The fourth-order valence-electron chi connectivity index (χ4n) is 2.58. The Morgan fingerprint density at radius 2 is 2.19 bits per heavy atom. The quantitative estimate of drug-likeness (QED) is 0.424. The summed E-state index contributed by atoms with van der Waals surface area (Å²) in [4.78, 5) is 8.26. The molecule has 144 valence electrons. The van der Waals surface area contributed by atoms with E-state index in [1.165, 1.54) is 18.9 Å². The van der Waals surface area contributed by atoms with Gasteiger partial charge in [-0.3, -0.25) is 4.99 Å². The Balaban J connectivity index is 1.54. The molecule has 1 heterocycles. The van der Waals surface area contributed by atoms with Crippen molar-refractivity contribution < 1.29 is 9.13 Å². The third kappa shape index (κ3) is 5.82. The number of hydrogen-bond acceptors (Lipinski definition) is 3. The Bertz CT molecular complexity index is 793. The molecule has 1 aromatic carbocycles. The lowest BCUT2D eigenvalue weighted by molar-refractivity contribution is 0.285. The zero-order valence-electron chi connectivity index (χ0n) is 15.5. The van der Waals surface area contributed by atoms with Gasteiger partial charge in [-0.1, -0.05) is 23.7 Å². The van der Waals surface area contributed by atoms with Crippen LogP contribution in [-0.2, 0) is 6.54 Å². The second kappa shape index (κ2) is 9.04. The van der Waals surface area contributed by atoms with Crippen LogP contribution in [0.4, 0.5) is 4.39 Å². The molecule has 27 heavy (non-hydrogen) atoms. The number of guanidine groups is 1. The molecule has 0 aliphatic heterocycles. The lowest BCUT2D eigenvalue weighted by atomic mass is 10.1. The van der Waals surface area contributed by atoms with E-state index in [0.29, 0.717) is 35.9 Å². The number of aromatic nitrogens is 1. The number of benzene rings is 1. The van der Waals surface area contributed by atoms with Gasteiger partial charge in [0.05, 0.1) is 12.6 Å². The van der Waals surface area contributed by atoms with Crippen molar-refractivity contribution in [2.45, 2.75) is 32.4 Å². The summed E-state index contributed by atoms with van der Waals surface area (Å²) in [5.41, 5.74) is 1.81. The molecule has 3 rings (SSSR count). The lowest BCUT2D eigenvalue weighted by Gasteiger charge is -2.19. The number of pyridine rings is 1. The molecule has 0 saturated heterocycles. The van der Waals surface area contributed by atoms with Gasteiger partial charge in [-0.2, -0.15) is 0 Å². The van der Waals surface area contributed by atoms with E-state index in [1.807, 2.05) is 19.1 Å². The Kier molecular flexibility index (Phi) is 6.50. The van der Waals surface area contributed by atoms with Crippen molar-refractivity contribution in [2.75, 3.05) is 13.7 Å². The zero-order valence-corrected chi connectivity index (χ0v) is 16.3. The minimum atomic E-state index is -0.336. The van der Waals surface area contributed by atoms with Crippen LogP contribution in [0.3, 0.4) is 0 Å². The van der Waals surface area contributed by atoms with Crippen molar-refractivity contribution in [3.8, 4) is 5.75 Å². The fraction of sp³-hybridized carbons (Fsp3) is 0.400. The first kappa shape index (κ1) is 19.4. The smallest absolute Gasteiger partial charge is 0.191 e. The molecule has 5 nitrogen and oxygen atoms in total. The monoisotopic (exact) mass is 390 g/mol. The van der Waals surface area contributed by atoms with Gasteiger partial charge in [0, 0.05) is 19.8 Å². The largest absolute Gasteiger partial charge is 0.490 e. The van der Waals surface area contributed by atoms with E-state index in [4.69, 9.17) is 16.3 Å². The molecule has 1 aromatic heterocycles. The molecule has 1 aliphatic carbocycles. The maximum Gasteiger partial charge on any atom is 0.191 e. The van der Waals surface area contributed by atoms with Gasteiger partial charge in [-0.15, -0.1) is 0 Å². The summed E-state index contributed by atoms with van der Waals surface area (Å²) >= 11 is 5.79. The molecule has 0 spiro atoms. The van der Waals surface area contributed by atoms with Crippen LogP contribution in [0.5, 0.6) is 5.75 Å². The summed E-state index contributed by atoms with van der Waals surface area (Å²) in [7, 11) is 1.69. The Hall–Kier alpha value is -2.34. The highest BCUT2D eigenvalue weighted by atomic mass is 35.5. The first-order chi connectivity index (χ1) is 13.0. The molecule has 1 atom stereocenters. The van der Waals surface area contributed by atoms with Crippen molar-refractivity contribution >= 4 is 17.6 Å². The molecule has 1 saturated carbocycles. The van der Waals surface area contributed by atoms with E-state index in [0.717, 1.165) is 11.1 Å². The maximum atomic E-state index is 14.3. The summed E-state index contributed by atoms with van der Waals surface area (Å²) < 4.78 is 19.8. The van der Waals surface area contributed by atoms with Crippen molar-refractivity contribution in [1.82, 2.24) is 15.6 Å². The summed E-state index contributed by atoms with van der Waals surface area (Å²) in [5.74, 6) is 1.19. The molecule has 1 fully saturated rings. The van der Waals surface area contributed by atoms with Gasteiger partial charge in [0.1, 0.15) is 5.15 Å². The van der Waals surface area contributed by atoms with E-state index in [9.17, 15) is 4.39 Å². The minimum Gasteiger partial charge on any atom is -0.490 e. The maximum absolute atomic E-state index is 14.3. The Labute approximate surface area is 164 Å². The predicted molar refractivity (Wildman–Crippen MR) is 106 cm³/mol. The van der Waals surface area contributed by atoms with Gasteiger partial charge in [-0.05, 0) is 55.0 Å². The third-order valence-electron chi connectivity index (χ3n) is 4.45. The highest BCUT2D eigenvalue weighted by Gasteiger charge is 2.22. The number of nitrogens with zero attached hydrogens (tertiary/aromatic N) is 2. The average molecular weight is 391 g/mol. The molecular formula is C20H24ClFN4O. The lowest BCUT2D eigenvalue weighted by Crippen LogP contribution is -2.38. The zero-order chi connectivity index (χ0) is 19.2. The van der Waals surface area contributed by atoms with Crippen LogP contribution in [0.1, 0.15) is 36.9 Å². The Morgan fingerprint density at radius 3 is 2.81 bits per heavy atom. The number of nitrogens with one attached hydrogen (secondary N) is 2. The van der Waals surface area contributed by atoms with Gasteiger partial charge in [0.2, 0.25) is 0 Å². The fourth-order valence-corrected chi connectivity index (χ4v) is 2.69. The van der Waals surface area contributed by atoms with E-state index in [-0.39, 0.29) is 11.9 Å². The highest BCUT2D eigenvalue weighted by molar-refractivity contribution is 6.29. The van der Waals surface area contributed by atoms with E-state index in [2.05, 4.69) is 20.6 Å². The topological polar surface area (TPSA) is 58.5 Å². The van der Waals surface area contributed by atoms with E-state index >= 15 is 0 Å². The summed E-state index contributed by atoms with van der Waals surface area (Å²) in [5, 5.41) is 6.92. The molecule has 2 aromatic rings. The molecule has 0 bridgehead atoms. The van der Waals surface area contributed by atoms with Crippen LogP contribution in [0.25, 0.3) is 0 Å². The van der Waals surface area contributed by atoms with Crippen LogP contribution in [0.2, 0.25) is 5.15 Å². The molecule has 0 radical (unpaired) electrons.